The fourth-order valence-corrected chi connectivity index (χ4v) is 1.75. The second-order valence-corrected chi connectivity index (χ2v) is 4.05. The first kappa shape index (κ1) is 14.3. The number of halogens is 3. The first-order chi connectivity index (χ1) is 9.49. The Morgan fingerprint density at radius 1 is 1.15 bits per heavy atom. The smallest absolute Gasteiger partial charge is 0.271 e. The van der Waals surface area contributed by atoms with Crippen LogP contribution in [0.4, 0.5) is 8.78 Å². The Bertz CT molecular complexity index is 690. The molecular formula is C12H9ClF2N2O3. The van der Waals surface area contributed by atoms with E-state index in [0.29, 0.717) is 4.68 Å². The maximum Gasteiger partial charge on any atom is 0.271 e. The Kier molecular flexibility index (Phi) is 3.89. The van der Waals surface area contributed by atoms with Gasteiger partial charge in [0.2, 0.25) is 0 Å². The third kappa shape index (κ3) is 2.32. The summed E-state index contributed by atoms with van der Waals surface area (Å²) < 4.78 is 38.4. The highest BCUT2D eigenvalue weighted by molar-refractivity contribution is 6.29. The normalized spacial score (nSPS) is 10.4. The van der Waals surface area contributed by atoms with E-state index in [1.807, 2.05) is 0 Å². The van der Waals surface area contributed by atoms with Gasteiger partial charge >= 0.3 is 0 Å². The van der Waals surface area contributed by atoms with Gasteiger partial charge in [0, 0.05) is 12.1 Å². The number of ether oxygens (including phenoxy) is 2. The molecule has 0 saturated heterocycles. The van der Waals surface area contributed by atoms with Gasteiger partial charge in [-0.2, -0.15) is 9.78 Å². The van der Waals surface area contributed by atoms with Crippen LogP contribution in [0.5, 0.6) is 11.5 Å². The number of hydrogen-bond acceptors (Lipinski definition) is 4. The standard InChI is InChI=1S/C12H9ClF2N2O3/c1-19-6-5-7(20-2)11(15)12(10(6)14)17-9(18)4-3-8(13)16-17/h3-5H,1-2H3. The molecule has 1 aromatic heterocycles. The number of aromatic nitrogens is 2. The van der Waals surface area contributed by atoms with Crippen molar-refractivity contribution in [2.24, 2.45) is 0 Å². The molecule has 2 aromatic rings. The second-order valence-electron chi connectivity index (χ2n) is 3.66. The molecule has 0 spiro atoms. The Hall–Kier alpha value is -2.15. The zero-order valence-electron chi connectivity index (χ0n) is 10.5. The highest BCUT2D eigenvalue weighted by atomic mass is 35.5. The minimum absolute atomic E-state index is 0.0924. The van der Waals surface area contributed by atoms with E-state index in [1.165, 1.54) is 20.3 Å². The molecule has 0 amide bonds. The summed E-state index contributed by atoms with van der Waals surface area (Å²) in [6.45, 7) is 0. The van der Waals surface area contributed by atoms with Gasteiger partial charge in [0.25, 0.3) is 5.56 Å². The molecule has 106 valence electrons. The maximum absolute atomic E-state index is 14.2. The summed E-state index contributed by atoms with van der Waals surface area (Å²) in [5.74, 6) is -2.73. The molecule has 0 aliphatic heterocycles. The Morgan fingerprint density at radius 2 is 1.70 bits per heavy atom. The highest BCUT2D eigenvalue weighted by Crippen LogP contribution is 2.32. The fraction of sp³-hybridized carbons (Fsp3) is 0.167. The molecule has 0 bridgehead atoms. The molecule has 2 rings (SSSR count). The van der Waals surface area contributed by atoms with E-state index in [4.69, 9.17) is 21.1 Å². The lowest BCUT2D eigenvalue weighted by molar-refractivity contribution is 0.355. The summed E-state index contributed by atoms with van der Waals surface area (Å²) in [4.78, 5) is 11.7. The number of methoxy groups -OCH3 is 2. The van der Waals surface area contributed by atoms with Gasteiger partial charge in [-0.05, 0) is 6.07 Å². The van der Waals surface area contributed by atoms with Gasteiger partial charge in [0.15, 0.2) is 23.1 Å². The van der Waals surface area contributed by atoms with Crippen LogP contribution < -0.4 is 15.0 Å². The molecule has 0 aliphatic carbocycles. The van der Waals surface area contributed by atoms with Crippen LogP contribution in [0.2, 0.25) is 5.15 Å². The minimum Gasteiger partial charge on any atom is -0.493 e. The molecule has 0 aliphatic rings. The first-order valence-corrected chi connectivity index (χ1v) is 5.73. The molecule has 0 N–H and O–H groups in total. The van der Waals surface area contributed by atoms with Crippen molar-refractivity contribution in [1.29, 1.82) is 0 Å². The molecule has 0 fully saturated rings. The van der Waals surface area contributed by atoms with E-state index in [1.54, 1.807) is 0 Å². The van der Waals surface area contributed by atoms with Crippen molar-refractivity contribution >= 4 is 11.6 Å². The van der Waals surface area contributed by atoms with Gasteiger partial charge in [-0.15, -0.1) is 0 Å². The Balaban J connectivity index is 2.85. The van der Waals surface area contributed by atoms with Crippen molar-refractivity contribution < 1.29 is 18.3 Å². The molecule has 1 aromatic carbocycles. The Labute approximate surface area is 117 Å². The van der Waals surface area contributed by atoms with Gasteiger partial charge < -0.3 is 9.47 Å². The second kappa shape index (κ2) is 5.46. The van der Waals surface area contributed by atoms with E-state index < -0.39 is 22.9 Å². The number of benzene rings is 1. The third-order valence-corrected chi connectivity index (χ3v) is 2.73. The SMILES string of the molecule is COc1cc(OC)c(F)c(-n2nc(Cl)ccc2=O)c1F. The largest absolute Gasteiger partial charge is 0.493 e. The monoisotopic (exact) mass is 302 g/mol. The van der Waals surface area contributed by atoms with E-state index in [9.17, 15) is 13.6 Å². The van der Waals surface area contributed by atoms with Crippen molar-refractivity contribution in [3.8, 4) is 17.2 Å². The number of hydrogen-bond donors (Lipinski definition) is 0. The highest BCUT2D eigenvalue weighted by Gasteiger charge is 2.23. The molecule has 1 heterocycles. The lowest BCUT2D eigenvalue weighted by Crippen LogP contribution is -2.22. The van der Waals surface area contributed by atoms with Gasteiger partial charge in [-0.3, -0.25) is 4.79 Å². The predicted molar refractivity (Wildman–Crippen MR) is 67.9 cm³/mol. The van der Waals surface area contributed by atoms with Crippen molar-refractivity contribution in [1.82, 2.24) is 9.78 Å². The molecule has 0 unspecified atom stereocenters. The van der Waals surface area contributed by atoms with E-state index in [2.05, 4.69) is 5.10 Å². The van der Waals surface area contributed by atoms with Crippen LogP contribution in [0.25, 0.3) is 5.69 Å². The van der Waals surface area contributed by atoms with Crippen molar-refractivity contribution in [3.63, 3.8) is 0 Å². The molecule has 8 heteroatoms. The number of rotatable bonds is 3. The summed E-state index contributed by atoms with van der Waals surface area (Å²) >= 11 is 5.64. The first-order valence-electron chi connectivity index (χ1n) is 5.35. The topological polar surface area (TPSA) is 53.4 Å². The van der Waals surface area contributed by atoms with E-state index in [0.717, 1.165) is 12.1 Å². The van der Waals surface area contributed by atoms with Crippen molar-refractivity contribution in [2.45, 2.75) is 0 Å². The quantitative estimate of drug-likeness (QED) is 0.872. The van der Waals surface area contributed by atoms with Gasteiger partial charge in [0.1, 0.15) is 10.8 Å². The summed E-state index contributed by atoms with van der Waals surface area (Å²) in [5, 5.41) is 3.50. The molecule has 5 nitrogen and oxygen atoms in total. The van der Waals surface area contributed by atoms with Gasteiger partial charge in [-0.1, -0.05) is 11.6 Å². The van der Waals surface area contributed by atoms with Crippen LogP contribution in [0.15, 0.2) is 23.0 Å². The fourth-order valence-electron chi connectivity index (χ4n) is 1.61. The van der Waals surface area contributed by atoms with Crippen LogP contribution in [0.1, 0.15) is 0 Å². The van der Waals surface area contributed by atoms with Gasteiger partial charge in [-0.25, -0.2) is 8.78 Å². The minimum atomic E-state index is -1.08. The third-order valence-electron chi connectivity index (χ3n) is 2.53. The summed E-state index contributed by atoms with van der Waals surface area (Å²) in [6.07, 6.45) is 0. The van der Waals surface area contributed by atoms with E-state index in [-0.39, 0.29) is 16.7 Å². The molecular weight excluding hydrogens is 294 g/mol. The summed E-state index contributed by atoms with van der Waals surface area (Å²) in [7, 11) is 2.40. The average Bonchev–Trinajstić information content (AvgIpc) is 2.43. The predicted octanol–water partition coefficient (Wildman–Crippen LogP) is 2.18. The average molecular weight is 303 g/mol. The lowest BCUT2D eigenvalue weighted by atomic mass is 10.2. The summed E-state index contributed by atoms with van der Waals surface area (Å²) in [6, 6.07) is 3.29. The maximum atomic E-state index is 14.2. The molecule has 0 saturated carbocycles. The molecule has 0 radical (unpaired) electrons. The molecule has 20 heavy (non-hydrogen) atoms. The zero-order chi connectivity index (χ0) is 14.9. The summed E-state index contributed by atoms with van der Waals surface area (Å²) in [5.41, 5.74) is -1.46. The van der Waals surface area contributed by atoms with Crippen LogP contribution in [0.3, 0.4) is 0 Å². The van der Waals surface area contributed by atoms with Crippen molar-refractivity contribution in [2.75, 3.05) is 14.2 Å². The number of nitrogens with zero attached hydrogens (tertiary/aromatic N) is 2. The lowest BCUT2D eigenvalue weighted by Gasteiger charge is -2.13. The van der Waals surface area contributed by atoms with Crippen LogP contribution in [0, 0.1) is 11.6 Å². The van der Waals surface area contributed by atoms with Crippen LogP contribution in [-0.4, -0.2) is 24.0 Å². The zero-order valence-corrected chi connectivity index (χ0v) is 11.2. The van der Waals surface area contributed by atoms with E-state index >= 15 is 0 Å². The van der Waals surface area contributed by atoms with Crippen LogP contribution >= 0.6 is 11.6 Å². The molecule has 0 atom stereocenters. The van der Waals surface area contributed by atoms with Crippen LogP contribution in [-0.2, 0) is 0 Å². The van der Waals surface area contributed by atoms with Gasteiger partial charge in [0.05, 0.1) is 14.2 Å². The van der Waals surface area contributed by atoms with Crippen molar-refractivity contribution in [3.05, 3.63) is 45.3 Å². The Morgan fingerprint density at radius 3 is 2.20 bits per heavy atom.